The molecular weight excluding hydrogens is 376 g/mol. The standard InChI is InChI=1S/C17H16N2O3S3/c1-3-18-11-9-10(16(21)22)5-6-12(11)24-14(18)8-7-13-15(20)19(4-2)17(23)25-13/h5-9H,3-4H2,1-2H3,(H,21,22). The van der Waals surface area contributed by atoms with Gasteiger partial charge in [0.05, 0.1) is 21.2 Å². The molecule has 1 fully saturated rings. The summed E-state index contributed by atoms with van der Waals surface area (Å²) >= 11 is 8.09. The van der Waals surface area contributed by atoms with E-state index in [1.165, 1.54) is 11.8 Å². The zero-order chi connectivity index (χ0) is 18.1. The molecule has 2 aliphatic rings. The number of thiocarbonyl (C=S) groups is 1. The van der Waals surface area contributed by atoms with E-state index in [1.54, 1.807) is 34.9 Å². The number of likely N-dealkylation sites (N-methyl/N-ethyl adjacent to an activating group) is 1. The Morgan fingerprint density at radius 1 is 1.20 bits per heavy atom. The van der Waals surface area contributed by atoms with Gasteiger partial charge in [0.15, 0.2) is 0 Å². The van der Waals surface area contributed by atoms with Crippen LogP contribution in [0.1, 0.15) is 24.2 Å². The maximum Gasteiger partial charge on any atom is 0.335 e. The topological polar surface area (TPSA) is 60.9 Å². The fourth-order valence-electron chi connectivity index (χ4n) is 2.62. The number of hydrogen-bond donors (Lipinski definition) is 1. The van der Waals surface area contributed by atoms with Crippen LogP contribution in [0.2, 0.25) is 0 Å². The van der Waals surface area contributed by atoms with Crippen LogP contribution >= 0.6 is 35.7 Å². The molecular formula is C17H16N2O3S3. The summed E-state index contributed by atoms with van der Waals surface area (Å²) in [6, 6.07) is 5.12. The fourth-order valence-corrected chi connectivity index (χ4v) is 5.05. The van der Waals surface area contributed by atoms with Crippen LogP contribution in [0.3, 0.4) is 0 Å². The van der Waals surface area contributed by atoms with Crippen LogP contribution in [0.15, 0.2) is 45.2 Å². The molecule has 0 bridgehead atoms. The number of anilines is 1. The Kier molecular flexibility index (Phi) is 5.21. The monoisotopic (exact) mass is 392 g/mol. The molecule has 1 N–H and O–H groups in total. The van der Waals surface area contributed by atoms with E-state index in [9.17, 15) is 14.7 Å². The highest BCUT2D eigenvalue weighted by molar-refractivity contribution is 8.26. The Hall–Kier alpha value is -1.77. The maximum absolute atomic E-state index is 12.3. The third kappa shape index (κ3) is 3.33. The molecule has 1 aromatic carbocycles. The first kappa shape index (κ1) is 18.0. The third-order valence-corrected chi connectivity index (χ3v) is 6.39. The molecule has 0 aliphatic carbocycles. The lowest BCUT2D eigenvalue weighted by atomic mass is 10.2. The highest BCUT2D eigenvalue weighted by Crippen LogP contribution is 2.46. The zero-order valence-electron chi connectivity index (χ0n) is 13.7. The molecule has 8 heteroatoms. The number of amides is 1. The van der Waals surface area contributed by atoms with Crippen molar-refractivity contribution < 1.29 is 14.7 Å². The second kappa shape index (κ2) is 7.23. The van der Waals surface area contributed by atoms with E-state index in [0.717, 1.165) is 15.6 Å². The van der Waals surface area contributed by atoms with Crippen molar-refractivity contribution in [3.63, 3.8) is 0 Å². The van der Waals surface area contributed by atoms with E-state index >= 15 is 0 Å². The minimum absolute atomic E-state index is 0.0638. The minimum atomic E-state index is -0.940. The summed E-state index contributed by atoms with van der Waals surface area (Å²) in [5.41, 5.74) is 1.15. The molecule has 0 aromatic heterocycles. The van der Waals surface area contributed by atoms with Crippen LogP contribution in [0.5, 0.6) is 0 Å². The number of carbonyl (C=O) groups is 2. The smallest absolute Gasteiger partial charge is 0.335 e. The summed E-state index contributed by atoms with van der Waals surface area (Å²) in [6.07, 6.45) is 3.69. The van der Waals surface area contributed by atoms with Crippen molar-refractivity contribution in [3.05, 3.63) is 45.8 Å². The lowest BCUT2D eigenvalue weighted by Gasteiger charge is -2.17. The quantitative estimate of drug-likeness (QED) is 0.615. The molecule has 3 rings (SSSR count). The van der Waals surface area contributed by atoms with Gasteiger partial charge < -0.3 is 10.0 Å². The Bertz CT molecular complexity index is 832. The number of carboxylic acid groups (broad SMARTS) is 1. The zero-order valence-corrected chi connectivity index (χ0v) is 16.1. The van der Waals surface area contributed by atoms with Crippen LogP contribution in [0.4, 0.5) is 5.69 Å². The van der Waals surface area contributed by atoms with E-state index in [4.69, 9.17) is 12.2 Å². The van der Waals surface area contributed by atoms with Crippen molar-refractivity contribution in [1.29, 1.82) is 0 Å². The Morgan fingerprint density at radius 2 is 1.92 bits per heavy atom. The van der Waals surface area contributed by atoms with Gasteiger partial charge in [-0.3, -0.25) is 9.69 Å². The van der Waals surface area contributed by atoms with Crippen molar-refractivity contribution in [1.82, 2.24) is 4.90 Å². The number of thioether (sulfide) groups is 2. The van der Waals surface area contributed by atoms with Crippen molar-refractivity contribution in [2.45, 2.75) is 18.7 Å². The van der Waals surface area contributed by atoms with Gasteiger partial charge in [0, 0.05) is 18.0 Å². The third-order valence-electron chi connectivity index (χ3n) is 3.86. The number of fused-ring (bicyclic) bond motifs is 1. The number of aromatic carboxylic acids is 1. The summed E-state index contributed by atoms with van der Waals surface area (Å²) in [5.74, 6) is -1.00. The van der Waals surface area contributed by atoms with Gasteiger partial charge >= 0.3 is 5.97 Å². The summed E-state index contributed by atoms with van der Waals surface area (Å²) in [6.45, 7) is 5.18. The number of benzene rings is 1. The maximum atomic E-state index is 12.3. The highest BCUT2D eigenvalue weighted by Gasteiger charge is 2.31. The van der Waals surface area contributed by atoms with Crippen LogP contribution in [-0.2, 0) is 4.79 Å². The molecule has 0 spiro atoms. The van der Waals surface area contributed by atoms with Crippen molar-refractivity contribution in [3.8, 4) is 0 Å². The first-order chi connectivity index (χ1) is 12.0. The molecule has 1 saturated heterocycles. The number of hydrogen-bond acceptors (Lipinski definition) is 6. The molecule has 1 amide bonds. The summed E-state index contributed by atoms with van der Waals surface area (Å²) < 4.78 is 0.581. The average molecular weight is 393 g/mol. The van der Waals surface area contributed by atoms with Gasteiger partial charge in [0.2, 0.25) is 0 Å². The van der Waals surface area contributed by atoms with Crippen molar-refractivity contribution in [2.24, 2.45) is 0 Å². The first-order valence-electron chi connectivity index (χ1n) is 7.74. The molecule has 0 unspecified atom stereocenters. The SMILES string of the molecule is CCN1C(=O)C(=CC=C2Sc3ccc(C(=O)O)cc3N2CC)SC1=S. The number of allylic oxidation sites excluding steroid dienone is 2. The van der Waals surface area contributed by atoms with Gasteiger partial charge in [0.1, 0.15) is 4.32 Å². The minimum Gasteiger partial charge on any atom is -0.478 e. The van der Waals surface area contributed by atoms with Crippen molar-refractivity contribution in [2.75, 3.05) is 18.0 Å². The van der Waals surface area contributed by atoms with Gasteiger partial charge in [-0.25, -0.2) is 4.79 Å². The second-order valence-electron chi connectivity index (χ2n) is 5.29. The van der Waals surface area contributed by atoms with Crippen LogP contribution in [-0.4, -0.2) is 39.3 Å². The molecule has 5 nitrogen and oxygen atoms in total. The largest absolute Gasteiger partial charge is 0.478 e. The summed E-state index contributed by atoms with van der Waals surface area (Å²) in [7, 11) is 0. The molecule has 0 saturated carbocycles. The normalized spacial score (nSPS) is 20.1. The van der Waals surface area contributed by atoms with Gasteiger partial charge in [-0.1, -0.05) is 35.7 Å². The molecule has 25 heavy (non-hydrogen) atoms. The predicted octanol–water partition coefficient (Wildman–Crippen LogP) is 3.92. The van der Waals surface area contributed by atoms with Crippen LogP contribution in [0.25, 0.3) is 0 Å². The molecule has 2 aliphatic heterocycles. The number of nitrogens with zero attached hydrogens (tertiary/aromatic N) is 2. The molecule has 130 valence electrons. The van der Waals surface area contributed by atoms with Gasteiger partial charge in [-0.15, -0.1) is 0 Å². The molecule has 0 radical (unpaired) electrons. The summed E-state index contributed by atoms with van der Waals surface area (Å²) in [5, 5.41) is 10.1. The highest BCUT2D eigenvalue weighted by atomic mass is 32.2. The van der Waals surface area contributed by atoms with E-state index < -0.39 is 5.97 Å². The number of rotatable bonds is 4. The molecule has 2 heterocycles. The second-order valence-corrected chi connectivity index (χ2v) is 8.03. The van der Waals surface area contributed by atoms with E-state index in [0.29, 0.717) is 22.3 Å². The Labute approximate surface area is 159 Å². The van der Waals surface area contributed by atoms with E-state index in [2.05, 4.69) is 0 Å². The Balaban J connectivity index is 1.90. The van der Waals surface area contributed by atoms with E-state index in [-0.39, 0.29) is 11.5 Å². The fraction of sp³-hybridized carbons (Fsp3) is 0.235. The Morgan fingerprint density at radius 3 is 2.52 bits per heavy atom. The molecule has 1 aromatic rings. The van der Waals surface area contributed by atoms with Crippen LogP contribution < -0.4 is 4.90 Å². The average Bonchev–Trinajstić information content (AvgIpc) is 3.08. The first-order valence-corrected chi connectivity index (χ1v) is 9.78. The lowest BCUT2D eigenvalue weighted by molar-refractivity contribution is -0.122. The van der Waals surface area contributed by atoms with Crippen LogP contribution in [0, 0.1) is 0 Å². The number of carboxylic acids is 1. The number of carbonyl (C=O) groups excluding carboxylic acids is 1. The van der Waals surface area contributed by atoms with Gasteiger partial charge in [-0.05, 0) is 44.2 Å². The van der Waals surface area contributed by atoms with Gasteiger partial charge in [-0.2, -0.15) is 0 Å². The summed E-state index contributed by atoms with van der Waals surface area (Å²) in [4.78, 5) is 28.7. The molecule has 0 atom stereocenters. The lowest BCUT2D eigenvalue weighted by Crippen LogP contribution is -2.27. The van der Waals surface area contributed by atoms with E-state index in [1.807, 2.05) is 30.9 Å². The van der Waals surface area contributed by atoms with Gasteiger partial charge in [0.25, 0.3) is 5.91 Å². The van der Waals surface area contributed by atoms with Crippen molar-refractivity contribution >= 4 is 57.6 Å². The predicted molar refractivity (Wildman–Crippen MR) is 106 cm³/mol.